The van der Waals surface area contributed by atoms with Crippen molar-refractivity contribution in [3.05, 3.63) is 70.8 Å². The van der Waals surface area contributed by atoms with Gasteiger partial charge in [0.25, 0.3) is 5.91 Å². The molecule has 0 unspecified atom stereocenters. The predicted octanol–water partition coefficient (Wildman–Crippen LogP) is 3.58. The standard InChI is InChI=1S/C21H26F2N4O.HI/c1-4-24-21(25-13-12-17-18(22)6-5-7-19(17)23)26-14-15-8-10-16(11-9-15)20(28)27(2)3;/h5-11H,4,12-14H2,1-3H3,(H2,24,25,26);1H. The fraction of sp³-hybridized carbons (Fsp3) is 0.333. The first-order chi connectivity index (χ1) is 13.4. The normalized spacial score (nSPS) is 10.9. The first kappa shape index (κ1) is 24.8. The molecule has 0 atom stereocenters. The Balaban J connectivity index is 0.00000420. The maximum absolute atomic E-state index is 13.7. The van der Waals surface area contributed by atoms with Gasteiger partial charge in [0.2, 0.25) is 0 Å². The van der Waals surface area contributed by atoms with E-state index in [-0.39, 0.29) is 41.9 Å². The molecule has 1 amide bonds. The minimum Gasteiger partial charge on any atom is -0.357 e. The van der Waals surface area contributed by atoms with Gasteiger partial charge in [0.15, 0.2) is 5.96 Å². The Morgan fingerprint density at radius 3 is 2.21 bits per heavy atom. The number of nitrogens with zero attached hydrogens (tertiary/aromatic N) is 2. The molecule has 0 aromatic heterocycles. The maximum atomic E-state index is 13.7. The van der Waals surface area contributed by atoms with Crippen molar-refractivity contribution in [2.45, 2.75) is 19.9 Å². The Bertz CT molecular complexity index is 806. The summed E-state index contributed by atoms with van der Waals surface area (Å²) in [6.07, 6.45) is 0.213. The second kappa shape index (κ2) is 12.4. The minimum absolute atomic E-state index is 0. The smallest absolute Gasteiger partial charge is 0.253 e. The lowest BCUT2D eigenvalue weighted by Crippen LogP contribution is -2.38. The van der Waals surface area contributed by atoms with Crippen molar-refractivity contribution in [3.63, 3.8) is 0 Å². The van der Waals surface area contributed by atoms with E-state index in [1.54, 1.807) is 26.2 Å². The third kappa shape index (κ3) is 7.60. The van der Waals surface area contributed by atoms with E-state index < -0.39 is 11.6 Å². The molecule has 5 nitrogen and oxygen atoms in total. The molecule has 0 radical (unpaired) electrons. The van der Waals surface area contributed by atoms with Crippen LogP contribution in [0.2, 0.25) is 0 Å². The summed E-state index contributed by atoms with van der Waals surface area (Å²) >= 11 is 0. The zero-order valence-electron chi connectivity index (χ0n) is 16.8. The summed E-state index contributed by atoms with van der Waals surface area (Å²) in [6.45, 7) is 3.37. The Morgan fingerprint density at radius 1 is 1.03 bits per heavy atom. The van der Waals surface area contributed by atoms with E-state index >= 15 is 0 Å². The number of amides is 1. The molecular formula is C21H27F2IN4O. The lowest BCUT2D eigenvalue weighted by molar-refractivity contribution is 0.0827. The zero-order chi connectivity index (χ0) is 20.5. The van der Waals surface area contributed by atoms with Gasteiger partial charge in [0.1, 0.15) is 11.6 Å². The average molecular weight is 516 g/mol. The first-order valence-corrected chi connectivity index (χ1v) is 9.18. The van der Waals surface area contributed by atoms with Crippen molar-refractivity contribution < 1.29 is 13.6 Å². The summed E-state index contributed by atoms with van der Waals surface area (Å²) in [7, 11) is 3.42. The van der Waals surface area contributed by atoms with Crippen LogP contribution in [0.5, 0.6) is 0 Å². The molecule has 0 fully saturated rings. The number of benzene rings is 2. The van der Waals surface area contributed by atoms with Crippen molar-refractivity contribution in [1.82, 2.24) is 15.5 Å². The molecule has 0 aliphatic rings. The maximum Gasteiger partial charge on any atom is 0.253 e. The van der Waals surface area contributed by atoms with Crippen LogP contribution in [-0.4, -0.2) is 44.0 Å². The quantitative estimate of drug-likeness (QED) is 0.336. The van der Waals surface area contributed by atoms with E-state index in [1.807, 2.05) is 19.1 Å². The van der Waals surface area contributed by atoms with Crippen LogP contribution in [0.25, 0.3) is 0 Å². The molecule has 2 N–H and O–H groups in total. The SMILES string of the molecule is CCNC(=NCc1ccc(C(=O)N(C)C)cc1)NCCc1c(F)cccc1F.I. The van der Waals surface area contributed by atoms with Gasteiger partial charge >= 0.3 is 0 Å². The Morgan fingerprint density at radius 2 is 1.66 bits per heavy atom. The van der Waals surface area contributed by atoms with Crippen LogP contribution >= 0.6 is 24.0 Å². The van der Waals surface area contributed by atoms with Gasteiger partial charge in [0.05, 0.1) is 6.54 Å². The molecule has 29 heavy (non-hydrogen) atoms. The van der Waals surface area contributed by atoms with Gasteiger partial charge in [-0.3, -0.25) is 4.79 Å². The molecule has 0 bridgehead atoms. The highest BCUT2D eigenvalue weighted by Gasteiger charge is 2.09. The first-order valence-electron chi connectivity index (χ1n) is 9.18. The van der Waals surface area contributed by atoms with Crippen molar-refractivity contribution in [2.75, 3.05) is 27.2 Å². The van der Waals surface area contributed by atoms with Crippen molar-refractivity contribution in [1.29, 1.82) is 0 Å². The topological polar surface area (TPSA) is 56.7 Å². The van der Waals surface area contributed by atoms with Crippen LogP contribution < -0.4 is 10.6 Å². The van der Waals surface area contributed by atoms with Gasteiger partial charge < -0.3 is 15.5 Å². The second-order valence-corrected chi connectivity index (χ2v) is 6.47. The molecule has 0 heterocycles. The molecule has 2 rings (SSSR count). The Kier molecular flexibility index (Phi) is 10.6. The van der Waals surface area contributed by atoms with Gasteiger partial charge in [0, 0.05) is 38.3 Å². The molecule has 0 saturated carbocycles. The van der Waals surface area contributed by atoms with Crippen LogP contribution in [0, 0.1) is 11.6 Å². The lowest BCUT2D eigenvalue weighted by Gasteiger charge is -2.12. The van der Waals surface area contributed by atoms with Gasteiger partial charge in [-0.1, -0.05) is 18.2 Å². The van der Waals surface area contributed by atoms with E-state index in [4.69, 9.17) is 0 Å². The summed E-state index contributed by atoms with van der Waals surface area (Å²) in [5.74, 6) is -0.578. The largest absolute Gasteiger partial charge is 0.357 e. The number of hydrogen-bond acceptors (Lipinski definition) is 2. The number of carbonyl (C=O) groups is 1. The number of hydrogen-bond donors (Lipinski definition) is 2. The third-order valence-corrected chi connectivity index (χ3v) is 4.10. The van der Waals surface area contributed by atoms with E-state index in [0.717, 1.165) is 5.56 Å². The monoisotopic (exact) mass is 516 g/mol. The minimum atomic E-state index is -0.545. The van der Waals surface area contributed by atoms with E-state index in [2.05, 4.69) is 15.6 Å². The second-order valence-electron chi connectivity index (χ2n) is 6.47. The van der Waals surface area contributed by atoms with Crippen LogP contribution in [-0.2, 0) is 13.0 Å². The molecule has 0 saturated heterocycles. The molecule has 2 aromatic carbocycles. The number of carbonyl (C=O) groups excluding carboxylic acids is 1. The van der Waals surface area contributed by atoms with Gasteiger partial charge in [-0.25, -0.2) is 13.8 Å². The van der Waals surface area contributed by atoms with Crippen molar-refractivity contribution in [2.24, 2.45) is 4.99 Å². The fourth-order valence-corrected chi connectivity index (χ4v) is 2.60. The number of halogens is 3. The number of aliphatic imine (C=N–C) groups is 1. The molecule has 0 spiro atoms. The average Bonchev–Trinajstić information content (AvgIpc) is 2.68. The number of rotatable bonds is 7. The van der Waals surface area contributed by atoms with Crippen LogP contribution in [0.15, 0.2) is 47.5 Å². The third-order valence-electron chi connectivity index (χ3n) is 4.10. The van der Waals surface area contributed by atoms with Gasteiger partial charge in [-0.05, 0) is 43.2 Å². The Labute approximate surface area is 187 Å². The highest BCUT2D eigenvalue weighted by molar-refractivity contribution is 14.0. The summed E-state index contributed by atoms with van der Waals surface area (Å²) in [5.41, 5.74) is 1.63. The number of nitrogens with one attached hydrogen (secondary N) is 2. The fourth-order valence-electron chi connectivity index (χ4n) is 2.60. The lowest BCUT2D eigenvalue weighted by atomic mass is 10.1. The molecule has 2 aromatic rings. The van der Waals surface area contributed by atoms with E-state index in [0.29, 0.717) is 31.2 Å². The van der Waals surface area contributed by atoms with Gasteiger partial charge in [-0.15, -0.1) is 24.0 Å². The van der Waals surface area contributed by atoms with Crippen LogP contribution in [0.4, 0.5) is 8.78 Å². The van der Waals surface area contributed by atoms with Crippen molar-refractivity contribution in [3.8, 4) is 0 Å². The van der Waals surface area contributed by atoms with Gasteiger partial charge in [-0.2, -0.15) is 0 Å². The highest BCUT2D eigenvalue weighted by atomic mass is 127. The highest BCUT2D eigenvalue weighted by Crippen LogP contribution is 2.12. The molecule has 0 aliphatic heterocycles. The zero-order valence-corrected chi connectivity index (χ0v) is 19.2. The summed E-state index contributed by atoms with van der Waals surface area (Å²) in [5, 5.41) is 6.19. The summed E-state index contributed by atoms with van der Waals surface area (Å²) in [4.78, 5) is 17.9. The predicted molar refractivity (Wildman–Crippen MR) is 123 cm³/mol. The van der Waals surface area contributed by atoms with E-state index in [1.165, 1.54) is 23.1 Å². The molecule has 0 aliphatic carbocycles. The summed E-state index contributed by atoms with van der Waals surface area (Å²) in [6, 6.07) is 11.1. The Hall–Kier alpha value is -2.23. The summed E-state index contributed by atoms with van der Waals surface area (Å²) < 4.78 is 27.4. The molecule has 158 valence electrons. The van der Waals surface area contributed by atoms with Crippen LogP contribution in [0.1, 0.15) is 28.4 Å². The molecule has 8 heteroatoms. The van der Waals surface area contributed by atoms with Crippen LogP contribution in [0.3, 0.4) is 0 Å². The number of guanidine groups is 1. The van der Waals surface area contributed by atoms with Crippen molar-refractivity contribution >= 4 is 35.8 Å². The molecular weight excluding hydrogens is 489 g/mol. The van der Waals surface area contributed by atoms with E-state index in [9.17, 15) is 13.6 Å².